The van der Waals surface area contributed by atoms with Crippen LogP contribution in [0.4, 0.5) is 10.1 Å². The molecule has 0 saturated carbocycles. The lowest BCUT2D eigenvalue weighted by Gasteiger charge is -2.39. The van der Waals surface area contributed by atoms with Crippen molar-refractivity contribution in [1.82, 2.24) is 9.21 Å². The zero-order valence-electron chi connectivity index (χ0n) is 16.0. The molecule has 6 nitrogen and oxygen atoms in total. The zero-order chi connectivity index (χ0) is 20.4. The third kappa shape index (κ3) is 4.17. The van der Waals surface area contributed by atoms with Crippen molar-refractivity contribution in [1.29, 1.82) is 0 Å². The van der Waals surface area contributed by atoms with E-state index in [-0.39, 0.29) is 24.2 Å². The number of carbonyl (C=O) groups excluding carboxylic acids is 1. The lowest BCUT2D eigenvalue weighted by molar-refractivity contribution is -0.137. The molecule has 0 unspecified atom stereocenters. The maximum Gasteiger partial charge on any atom is 0.252 e. The van der Waals surface area contributed by atoms with E-state index in [2.05, 4.69) is 0 Å². The first-order valence-electron chi connectivity index (χ1n) is 9.79. The second-order valence-electron chi connectivity index (χ2n) is 7.40. The van der Waals surface area contributed by atoms with Crippen LogP contribution >= 0.6 is 11.3 Å². The van der Waals surface area contributed by atoms with Crippen LogP contribution in [0, 0.1) is 11.7 Å². The molecule has 29 heavy (non-hydrogen) atoms. The molecular formula is C20H24FN3O3S2. The van der Waals surface area contributed by atoms with Crippen molar-refractivity contribution < 1.29 is 17.6 Å². The van der Waals surface area contributed by atoms with Gasteiger partial charge in [-0.15, -0.1) is 11.3 Å². The number of piperidine rings is 1. The van der Waals surface area contributed by atoms with Gasteiger partial charge in [-0.05, 0) is 36.4 Å². The van der Waals surface area contributed by atoms with Crippen LogP contribution in [0.3, 0.4) is 0 Å². The normalized spacial score (nSPS) is 21.3. The molecule has 1 aromatic carbocycles. The summed E-state index contributed by atoms with van der Waals surface area (Å²) in [5, 5.41) is 1.74. The van der Waals surface area contributed by atoms with Crippen molar-refractivity contribution in [3.05, 3.63) is 47.6 Å². The Kier molecular flexibility index (Phi) is 5.89. The van der Waals surface area contributed by atoms with Crippen LogP contribution in [-0.4, -0.2) is 62.8 Å². The molecule has 0 spiro atoms. The minimum Gasteiger partial charge on any atom is -0.366 e. The molecule has 3 heterocycles. The van der Waals surface area contributed by atoms with Crippen LogP contribution in [0.25, 0.3) is 0 Å². The van der Waals surface area contributed by atoms with Crippen LogP contribution in [-0.2, 0) is 14.8 Å². The Labute approximate surface area is 174 Å². The van der Waals surface area contributed by atoms with E-state index in [0.717, 1.165) is 0 Å². The van der Waals surface area contributed by atoms with Crippen molar-refractivity contribution in [3.63, 3.8) is 0 Å². The van der Waals surface area contributed by atoms with Gasteiger partial charge < -0.3 is 9.80 Å². The molecule has 4 rings (SSSR count). The highest BCUT2D eigenvalue weighted by molar-refractivity contribution is 7.91. The number of sulfonamides is 1. The van der Waals surface area contributed by atoms with Gasteiger partial charge in [0.1, 0.15) is 10.0 Å². The number of para-hydroxylation sites is 1. The van der Waals surface area contributed by atoms with Gasteiger partial charge in [0.15, 0.2) is 0 Å². The van der Waals surface area contributed by atoms with E-state index in [1.165, 1.54) is 21.7 Å². The quantitative estimate of drug-likeness (QED) is 0.738. The van der Waals surface area contributed by atoms with E-state index in [9.17, 15) is 17.6 Å². The maximum absolute atomic E-state index is 14.0. The monoisotopic (exact) mass is 437 g/mol. The number of hydrogen-bond acceptors (Lipinski definition) is 5. The molecule has 1 aromatic heterocycles. The van der Waals surface area contributed by atoms with Gasteiger partial charge in [0.25, 0.3) is 10.0 Å². The standard InChI is InChI=1S/C20H24FN3O3S2/c21-17-6-1-2-7-18(17)22-10-12-23(13-11-22)20(25)16-5-3-9-24(15-16)29(26,27)19-8-4-14-28-19/h1-2,4,6-8,14,16H,3,5,9-13,15H2/t16-/m0/s1. The van der Waals surface area contributed by atoms with E-state index < -0.39 is 10.0 Å². The number of nitrogens with zero attached hydrogens (tertiary/aromatic N) is 3. The maximum atomic E-state index is 14.0. The van der Waals surface area contributed by atoms with E-state index in [4.69, 9.17) is 0 Å². The van der Waals surface area contributed by atoms with Gasteiger partial charge in [-0.2, -0.15) is 4.31 Å². The fourth-order valence-corrected chi connectivity index (χ4v) is 6.70. The molecule has 156 valence electrons. The highest BCUT2D eigenvalue weighted by Gasteiger charge is 2.36. The summed E-state index contributed by atoms with van der Waals surface area (Å²) in [6.45, 7) is 2.84. The predicted octanol–water partition coefficient (Wildman–Crippen LogP) is 2.64. The molecule has 9 heteroatoms. The average molecular weight is 438 g/mol. The minimum atomic E-state index is -3.53. The predicted molar refractivity (Wildman–Crippen MR) is 111 cm³/mol. The summed E-state index contributed by atoms with van der Waals surface area (Å²) < 4.78 is 41.4. The smallest absolute Gasteiger partial charge is 0.252 e. The summed E-state index contributed by atoms with van der Waals surface area (Å²) in [6, 6.07) is 9.99. The third-order valence-corrected chi connectivity index (χ3v) is 8.85. The molecule has 0 N–H and O–H groups in total. The van der Waals surface area contributed by atoms with Crippen molar-refractivity contribution in [2.24, 2.45) is 5.92 Å². The van der Waals surface area contributed by atoms with Crippen molar-refractivity contribution >= 4 is 33.0 Å². The van der Waals surface area contributed by atoms with Crippen LogP contribution in [0.2, 0.25) is 0 Å². The van der Waals surface area contributed by atoms with Gasteiger partial charge in [0, 0.05) is 39.3 Å². The Bertz CT molecular complexity index is 957. The third-order valence-electron chi connectivity index (χ3n) is 5.61. The summed E-state index contributed by atoms with van der Waals surface area (Å²) in [6.07, 6.45) is 1.37. The number of halogens is 1. The molecule has 2 fully saturated rings. The first-order valence-corrected chi connectivity index (χ1v) is 12.1. The number of piperazine rings is 1. The number of rotatable bonds is 4. The summed E-state index contributed by atoms with van der Waals surface area (Å²) >= 11 is 1.20. The van der Waals surface area contributed by atoms with Gasteiger partial charge in [-0.25, -0.2) is 12.8 Å². The lowest BCUT2D eigenvalue weighted by Crippen LogP contribution is -2.53. The van der Waals surface area contributed by atoms with Crippen molar-refractivity contribution in [2.75, 3.05) is 44.2 Å². The highest BCUT2D eigenvalue weighted by Crippen LogP contribution is 2.28. The van der Waals surface area contributed by atoms with Gasteiger partial charge in [0.2, 0.25) is 5.91 Å². The van der Waals surface area contributed by atoms with Gasteiger partial charge in [-0.1, -0.05) is 18.2 Å². The Balaban J connectivity index is 1.38. The molecule has 2 aromatic rings. The highest BCUT2D eigenvalue weighted by atomic mass is 32.2. The number of benzene rings is 1. The second kappa shape index (κ2) is 8.41. The molecule has 2 aliphatic rings. The number of amides is 1. The van der Waals surface area contributed by atoms with Crippen molar-refractivity contribution in [3.8, 4) is 0 Å². The summed E-state index contributed by atoms with van der Waals surface area (Å²) in [4.78, 5) is 16.8. The molecule has 0 bridgehead atoms. The Hall–Kier alpha value is -1.97. The lowest BCUT2D eigenvalue weighted by atomic mass is 9.97. The van der Waals surface area contributed by atoms with E-state index in [0.29, 0.717) is 55.5 Å². The molecule has 0 radical (unpaired) electrons. The van der Waals surface area contributed by atoms with Crippen LogP contribution in [0.15, 0.2) is 46.0 Å². The second-order valence-corrected chi connectivity index (χ2v) is 10.5. The average Bonchev–Trinajstić information content (AvgIpc) is 3.30. The van der Waals surface area contributed by atoms with Crippen LogP contribution in [0.1, 0.15) is 12.8 Å². The van der Waals surface area contributed by atoms with E-state index in [1.54, 1.807) is 40.6 Å². The minimum absolute atomic E-state index is 0.00395. The van der Waals surface area contributed by atoms with Gasteiger partial charge >= 0.3 is 0 Å². The topological polar surface area (TPSA) is 60.9 Å². The molecule has 0 aliphatic carbocycles. The first-order chi connectivity index (χ1) is 14.0. The summed E-state index contributed by atoms with van der Waals surface area (Å²) in [5.74, 6) is -0.572. The molecule has 1 atom stereocenters. The first kappa shape index (κ1) is 20.3. The number of carbonyl (C=O) groups is 1. The molecule has 2 aliphatic heterocycles. The fourth-order valence-electron chi connectivity index (χ4n) is 4.03. The van der Waals surface area contributed by atoms with Crippen LogP contribution in [0.5, 0.6) is 0 Å². The largest absolute Gasteiger partial charge is 0.366 e. The Morgan fingerprint density at radius 3 is 2.48 bits per heavy atom. The SMILES string of the molecule is O=C([C@H]1CCCN(S(=O)(=O)c2cccs2)C1)N1CCN(c2ccccc2F)CC1. The summed E-state index contributed by atoms with van der Waals surface area (Å²) in [7, 11) is -3.53. The zero-order valence-corrected chi connectivity index (χ0v) is 17.7. The summed E-state index contributed by atoms with van der Waals surface area (Å²) in [5.41, 5.74) is 0.561. The van der Waals surface area contributed by atoms with Gasteiger partial charge in [-0.3, -0.25) is 4.79 Å². The number of anilines is 1. The van der Waals surface area contributed by atoms with Crippen molar-refractivity contribution in [2.45, 2.75) is 17.1 Å². The Morgan fingerprint density at radius 1 is 1.03 bits per heavy atom. The Morgan fingerprint density at radius 2 is 1.79 bits per heavy atom. The number of thiophene rings is 1. The van der Waals surface area contributed by atoms with E-state index in [1.807, 2.05) is 4.90 Å². The fraction of sp³-hybridized carbons (Fsp3) is 0.450. The van der Waals surface area contributed by atoms with Crippen LogP contribution < -0.4 is 4.90 Å². The number of hydrogen-bond donors (Lipinski definition) is 0. The van der Waals surface area contributed by atoms with E-state index >= 15 is 0 Å². The molecule has 2 saturated heterocycles. The van der Waals surface area contributed by atoms with Gasteiger partial charge in [0.05, 0.1) is 11.6 Å². The molecule has 1 amide bonds. The molecular weight excluding hydrogens is 413 g/mol.